The number of nitro groups is 1. The van der Waals surface area contributed by atoms with E-state index >= 15 is 0 Å². The summed E-state index contributed by atoms with van der Waals surface area (Å²) in [5, 5.41) is 17.3. The first kappa shape index (κ1) is 15.5. The summed E-state index contributed by atoms with van der Waals surface area (Å²) in [5.41, 5.74) is 0.187. The van der Waals surface area contributed by atoms with Crippen LogP contribution in [0.1, 0.15) is 40.0 Å². The molecule has 2 N–H and O–H groups in total. The van der Waals surface area contributed by atoms with E-state index in [2.05, 4.69) is 34.4 Å². The van der Waals surface area contributed by atoms with Gasteiger partial charge in [0, 0.05) is 13.1 Å². The van der Waals surface area contributed by atoms with Crippen LogP contribution < -0.4 is 10.6 Å². The normalized spacial score (nSPS) is 15.8. The highest BCUT2D eigenvalue weighted by atomic mass is 16.6. The molecule has 0 bridgehead atoms. The van der Waals surface area contributed by atoms with E-state index in [0.29, 0.717) is 17.7 Å². The molecule has 1 aliphatic carbocycles. The molecule has 0 atom stereocenters. The largest absolute Gasteiger partial charge is 0.364 e. The van der Waals surface area contributed by atoms with Crippen molar-refractivity contribution < 1.29 is 4.92 Å². The molecule has 1 heterocycles. The van der Waals surface area contributed by atoms with Crippen LogP contribution in [0.5, 0.6) is 0 Å². The van der Waals surface area contributed by atoms with Crippen LogP contribution in [0, 0.1) is 21.4 Å². The molecule has 1 aromatic heterocycles. The fourth-order valence-corrected chi connectivity index (χ4v) is 2.34. The monoisotopic (exact) mass is 293 g/mol. The molecule has 21 heavy (non-hydrogen) atoms. The Morgan fingerprint density at radius 2 is 2.14 bits per heavy atom. The van der Waals surface area contributed by atoms with Crippen molar-refractivity contribution in [2.75, 3.05) is 23.7 Å². The van der Waals surface area contributed by atoms with Gasteiger partial charge in [-0.05, 0) is 30.6 Å². The van der Waals surface area contributed by atoms with Gasteiger partial charge in [-0.2, -0.15) is 4.98 Å². The highest BCUT2D eigenvalue weighted by Crippen LogP contribution is 2.51. The van der Waals surface area contributed by atoms with Crippen molar-refractivity contribution in [2.45, 2.75) is 40.0 Å². The first-order valence-corrected chi connectivity index (χ1v) is 7.47. The molecular formula is C14H23N5O2. The summed E-state index contributed by atoms with van der Waals surface area (Å²) in [5.74, 6) is 1.29. The average molecular weight is 293 g/mol. The maximum Gasteiger partial charge on any atom is 0.329 e. The zero-order valence-corrected chi connectivity index (χ0v) is 12.8. The number of nitrogens with one attached hydrogen (secondary N) is 2. The molecule has 1 saturated carbocycles. The molecule has 1 aromatic rings. The minimum atomic E-state index is -0.444. The number of nitrogens with zero attached hydrogens (tertiary/aromatic N) is 3. The van der Waals surface area contributed by atoms with Gasteiger partial charge in [0.25, 0.3) is 0 Å². The fourth-order valence-electron chi connectivity index (χ4n) is 2.34. The van der Waals surface area contributed by atoms with Gasteiger partial charge in [-0.1, -0.05) is 20.8 Å². The van der Waals surface area contributed by atoms with Crippen LogP contribution in [0.4, 0.5) is 17.5 Å². The fraction of sp³-hybridized carbons (Fsp3) is 0.714. The summed E-state index contributed by atoms with van der Waals surface area (Å²) in [4.78, 5) is 18.9. The van der Waals surface area contributed by atoms with Crippen molar-refractivity contribution in [1.82, 2.24) is 9.97 Å². The zero-order valence-electron chi connectivity index (χ0n) is 12.8. The molecular weight excluding hydrogens is 270 g/mol. The maximum absolute atomic E-state index is 11.1. The zero-order chi connectivity index (χ0) is 15.5. The van der Waals surface area contributed by atoms with E-state index < -0.39 is 4.92 Å². The third-order valence-electron chi connectivity index (χ3n) is 4.22. The van der Waals surface area contributed by atoms with Gasteiger partial charge in [0.2, 0.25) is 11.8 Å². The van der Waals surface area contributed by atoms with Gasteiger partial charge in [0.1, 0.15) is 6.20 Å². The van der Waals surface area contributed by atoms with Gasteiger partial charge in [0.15, 0.2) is 0 Å². The second-order valence-corrected chi connectivity index (χ2v) is 5.98. The standard InChI is InChI=1S/C14H23N5O2/c1-4-7-15-13-16-8-11(19(20)21)12(18-13)17-9-14(5-6-14)10(2)3/h8,10H,4-7,9H2,1-3H3,(H2,15,16,17,18). The molecule has 2 rings (SSSR count). The topological polar surface area (TPSA) is 93.0 Å². The van der Waals surface area contributed by atoms with Gasteiger partial charge in [-0.15, -0.1) is 0 Å². The van der Waals surface area contributed by atoms with Crippen LogP contribution in [-0.2, 0) is 0 Å². The van der Waals surface area contributed by atoms with E-state index in [9.17, 15) is 10.1 Å². The third-order valence-corrected chi connectivity index (χ3v) is 4.22. The van der Waals surface area contributed by atoms with Crippen LogP contribution in [0.2, 0.25) is 0 Å². The molecule has 0 amide bonds. The predicted molar refractivity (Wildman–Crippen MR) is 82.5 cm³/mol. The quantitative estimate of drug-likeness (QED) is 0.565. The van der Waals surface area contributed by atoms with Gasteiger partial charge < -0.3 is 10.6 Å². The Hall–Kier alpha value is -1.92. The summed E-state index contributed by atoms with van der Waals surface area (Å²) >= 11 is 0. The molecule has 0 spiro atoms. The molecule has 7 heteroatoms. The molecule has 0 aliphatic heterocycles. The number of anilines is 2. The van der Waals surface area contributed by atoms with Gasteiger partial charge in [-0.3, -0.25) is 10.1 Å². The third kappa shape index (κ3) is 3.59. The van der Waals surface area contributed by atoms with E-state index in [1.807, 2.05) is 6.92 Å². The smallest absolute Gasteiger partial charge is 0.329 e. The Bertz CT molecular complexity index is 514. The Morgan fingerprint density at radius 1 is 1.43 bits per heavy atom. The van der Waals surface area contributed by atoms with E-state index in [-0.39, 0.29) is 11.1 Å². The Labute approximate surface area is 124 Å². The van der Waals surface area contributed by atoms with Gasteiger partial charge in [0.05, 0.1) is 4.92 Å². The van der Waals surface area contributed by atoms with Crippen molar-refractivity contribution in [2.24, 2.45) is 11.3 Å². The van der Waals surface area contributed by atoms with Crippen molar-refractivity contribution in [3.8, 4) is 0 Å². The predicted octanol–water partition coefficient (Wildman–Crippen LogP) is 3.05. The van der Waals surface area contributed by atoms with Crippen molar-refractivity contribution in [3.63, 3.8) is 0 Å². The first-order chi connectivity index (χ1) is 9.98. The van der Waals surface area contributed by atoms with Crippen LogP contribution in [-0.4, -0.2) is 28.0 Å². The summed E-state index contributed by atoms with van der Waals surface area (Å²) in [7, 11) is 0. The van der Waals surface area contributed by atoms with Crippen LogP contribution in [0.15, 0.2) is 6.20 Å². The second kappa shape index (κ2) is 6.24. The first-order valence-electron chi connectivity index (χ1n) is 7.47. The summed E-state index contributed by atoms with van der Waals surface area (Å²) in [6.45, 7) is 7.88. The number of hydrogen-bond donors (Lipinski definition) is 2. The minimum absolute atomic E-state index is 0.0726. The summed E-state index contributed by atoms with van der Waals surface area (Å²) in [6.07, 6.45) is 4.54. The molecule has 1 aliphatic rings. The Balaban J connectivity index is 2.12. The molecule has 116 valence electrons. The summed E-state index contributed by atoms with van der Waals surface area (Å²) in [6, 6.07) is 0. The van der Waals surface area contributed by atoms with Crippen LogP contribution in [0.3, 0.4) is 0 Å². The molecule has 1 fully saturated rings. The average Bonchev–Trinajstić information content (AvgIpc) is 3.24. The number of aromatic nitrogens is 2. The molecule has 0 unspecified atom stereocenters. The maximum atomic E-state index is 11.1. The molecule has 0 saturated heterocycles. The minimum Gasteiger partial charge on any atom is -0.364 e. The summed E-state index contributed by atoms with van der Waals surface area (Å²) < 4.78 is 0. The number of rotatable bonds is 8. The van der Waals surface area contributed by atoms with E-state index in [1.54, 1.807) is 0 Å². The Morgan fingerprint density at radius 3 is 2.67 bits per heavy atom. The van der Waals surface area contributed by atoms with Crippen molar-refractivity contribution in [3.05, 3.63) is 16.3 Å². The SMILES string of the molecule is CCCNc1ncc([N+](=O)[O-])c(NCC2(C(C)C)CC2)n1. The highest BCUT2D eigenvalue weighted by Gasteiger charge is 2.45. The lowest BCUT2D eigenvalue weighted by atomic mass is 9.92. The van der Waals surface area contributed by atoms with Gasteiger partial charge in [-0.25, -0.2) is 4.98 Å². The van der Waals surface area contributed by atoms with Crippen LogP contribution in [0.25, 0.3) is 0 Å². The lowest BCUT2D eigenvalue weighted by Gasteiger charge is -2.20. The van der Waals surface area contributed by atoms with Crippen LogP contribution >= 0.6 is 0 Å². The molecule has 0 radical (unpaired) electrons. The number of hydrogen-bond acceptors (Lipinski definition) is 6. The van der Waals surface area contributed by atoms with Crippen molar-refractivity contribution >= 4 is 17.5 Å². The molecule has 0 aromatic carbocycles. The lowest BCUT2D eigenvalue weighted by Crippen LogP contribution is -2.22. The highest BCUT2D eigenvalue weighted by molar-refractivity contribution is 5.57. The molecule has 7 nitrogen and oxygen atoms in total. The van der Waals surface area contributed by atoms with E-state index in [1.165, 1.54) is 6.20 Å². The second-order valence-electron chi connectivity index (χ2n) is 5.98. The Kier molecular flexibility index (Phi) is 4.59. The van der Waals surface area contributed by atoms with Gasteiger partial charge >= 0.3 is 5.69 Å². The van der Waals surface area contributed by atoms with Crippen molar-refractivity contribution in [1.29, 1.82) is 0 Å². The van der Waals surface area contributed by atoms with E-state index in [0.717, 1.165) is 32.4 Å². The lowest BCUT2D eigenvalue weighted by molar-refractivity contribution is -0.384. The van der Waals surface area contributed by atoms with E-state index in [4.69, 9.17) is 0 Å².